The Morgan fingerprint density at radius 2 is 1.87 bits per heavy atom. The first-order chi connectivity index (χ1) is 11.1. The molecule has 0 radical (unpaired) electrons. The van der Waals surface area contributed by atoms with E-state index in [0.717, 1.165) is 5.56 Å². The van der Waals surface area contributed by atoms with E-state index in [0.29, 0.717) is 11.1 Å². The molecule has 0 aliphatic rings. The number of hydrogen-bond donors (Lipinski definition) is 1. The highest BCUT2D eigenvalue weighted by molar-refractivity contribution is 5.87. The zero-order valence-corrected chi connectivity index (χ0v) is 12.9. The molecular formula is C19H16O4. The van der Waals surface area contributed by atoms with Crippen LogP contribution in [0.25, 0.3) is 6.08 Å². The zero-order valence-electron chi connectivity index (χ0n) is 12.9. The van der Waals surface area contributed by atoms with Crippen LogP contribution < -0.4 is 4.74 Å². The van der Waals surface area contributed by atoms with Gasteiger partial charge in [-0.25, -0.2) is 4.79 Å². The molecule has 4 heteroatoms. The van der Waals surface area contributed by atoms with Crippen LogP contribution in [0, 0.1) is 11.8 Å². The molecule has 23 heavy (non-hydrogen) atoms. The van der Waals surface area contributed by atoms with E-state index in [4.69, 9.17) is 4.74 Å². The second-order valence-corrected chi connectivity index (χ2v) is 4.59. The van der Waals surface area contributed by atoms with Crippen LogP contribution in [0.2, 0.25) is 0 Å². The van der Waals surface area contributed by atoms with Crippen molar-refractivity contribution in [1.82, 2.24) is 0 Å². The van der Waals surface area contributed by atoms with Gasteiger partial charge >= 0.3 is 5.97 Å². The van der Waals surface area contributed by atoms with Gasteiger partial charge in [-0.2, -0.15) is 0 Å². The lowest BCUT2D eigenvalue weighted by Crippen LogP contribution is -1.94. The Labute approximate surface area is 135 Å². The summed E-state index contributed by atoms with van der Waals surface area (Å²) in [5.74, 6) is 5.68. The summed E-state index contributed by atoms with van der Waals surface area (Å²) in [6, 6.07) is 12.7. The molecule has 0 fully saturated rings. The third kappa shape index (κ3) is 4.39. The Morgan fingerprint density at radius 1 is 1.13 bits per heavy atom. The van der Waals surface area contributed by atoms with E-state index in [1.165, 1.54) is 20.3 Å². The Bertz CT molecular complexity index is 780. The van der Waals surface area contributed by atoms with E-state index in [9.17, 15) is 9.90 Å². The van der Waals surface area contributed by atoms with Crippen LogP contribution >= 0.6 is 0 Å². The fourth-order valence-corrected chi connectivity index (χ4v) is 1.87. The van der Waals surface area contributed by atoms with Crippen LogP contribution in [0.4, 0.5) is 0 Å². The first-order valence-corrected chi connectivity index (χ1v) is 6.88. The smallest absolute Gasteiger partial charge is 0.330 e. The molecule has 0 aromatic heterocycles. The minimum atomic E-state index is -0.464. The lowest BCUT2D eigenvalue weighted by atomic mass is 10.1. The van der Waals surface area contributed by atoms with Crippen molar-refractivity contribution < 1.29 is 19.4 Å². The summed E-state index contributed by atoms with van der Waals surface area (Å²) < 4.78 is 9.70. The van der Waals surface area contributed by atoms with Crippen LogP contribution in [-0.4, -0.2) is 25.3 Å². The molecule has 2 aromatic rings. The van der Waals surface area contributed by atoms with Crippen LogP contribution in [0.1, 0.15) is 16.7 Å². The quantitative estimate of drug-likeness (QED) is 0.538. The maximum atomic E-state index is 11.2. The van der Waals surface area contributed by atoms with Crippen molar-refractivity contribution in [2.45, 2.75) is 0 Å². The number of hydrogen-bond acceptors (Lipinski definition) is 4. The number of carbonyl (C=O) groups excluding carboxylic acids is 1. The van der Waals surface area contributed by atoms with Gasteiger partial charge in [0.15, 0.2) is 11.5 Å². The molecule has 1 N–H and O–H groups in total. The summed E-state index contributed by atoms with van der Waals surface area (Å²) in [6.45, 7) is 0. The number of phenols is 1. The number of carbonyl (C=O) groups is 1. The van der Waals surface area contributed by atoms with E-state index in [1.807, 2.05) is 30.3 Å². The predicted molar refractivity (Wildman–Crippen MR) is 88.1 cm³/mol. The maximum absolute atomic E-state index is 11.2. The Balaban J connectivity index is 2.40. The molecule has 0 unspecified atom stereocenters. The van der Waals surface area contributed by atoms with Gasteiger partial charge in [0.25, 0.3) is 0 Å². The van der Waals surface area contributed by atoms with E-state index >= 15 is 0 Å². The summed E-state index contributed by atoms with van der Waals surface area (Å²) in [5.41, 5.74) is 1.92. The molecule has 0 heterocycles. The summed E-state index contributed by atoms with van der Waals surface area (Å²) in [5, 5.41) is 10.2. The van der Waals surface area contributed by atoms with Gasteiger partial charge < -0.3 is 14.6 Å². The highest BCUT2D eigenvalue weighted by Gasteiger charge is 2.08. The number of esters is 1. The number of methoxy groups -OCH3 is 2. The van der Waals surface area contributed by atoms with Gasteiger partial charge in [-0.15, -0.1) is 0 Å². The van der Waals surface area contributed by atoms with Crippen molar-refractivity contribution in [2.24, 2.45) is 0 Å². The van der Waals surface area contributed by atoms with Crippen molar-refractivity contribution >= 4 is 12.0 Å². The second-order valence-electron chi connectivity index (χ2n) is 4.59. The maximum Gasteiger partial charge on any atom is 0.330 e. The number of benzene rings is 2. The Hall–Kier alpha value is -3.19. The molecule has 0 saturated carbocycles. The summed E-state index contributed by atoms with van der Waals surface area (Å²) in [6.07, 6.45) is 2.86. The van der Waals surface area contributed by atoms with Gasteiger partial charge in [0, 0.05) is 11.6 Å². The highest BCUT2D eigenvalue weighted by Crippen LogP contribution is 2.31. The van der Waals surface area contributed by atoms with Gasteiger partial charge in [0.05, 0.1) is 19.8 Å². The second kappa shape index (κ2) is 7.71. The highest BCUT2D eigenvalue weighted by atomic mass is 16.5. The molecule has 0 saturated heterocycles. The average molecular weight is 308 g/mol. The van der Waals surface area contributed by atoms with E-state index < -0.39 is 5.97 Å². The zero-order chi connectivity index (χ0) is 16.7. The van der Waals surface area contributed by atoms with Crippen molar-refractivity contribution in [1.29, 1.82) is 0 Å². The van der Waals surface area contributed by atoms with Gasteiger partial charge in [-0.05, 0) is 35.9 Å². The van der Waals surface area contributed by atoms with Gasteiger partial charge in [0.1, 0.15) is 0 Å². The third-order valence-corrected chi connectivity index (χ3v) is 3.05. The topological polar surface area (TPSA) is 55.8 Å². The third-order valence-electron chi connectivity index (χ3n) is 3.05. The number of aromatic hydroxyl groups is 1. The average Bonchev–Trinajstić information content (AvgIpc) is 2.60. The monoisotopic (exact) mass is 308 g/mol. The largest absolute Gasteiger partial charge is 0.503 e. The normalized spacial score (nSPS) is 10.0. The lowest BCUT2D eigenvalue weighted by Gasteiger charge is -2.07. The number of phenolic OH excluding ortho intramolecular Hbond substituents is 1. The molecule has 0 aliphatic carbocycles. The molecule has 2 aromatic carbocycles. The van der Waals surface area contributed by atoms with E-state index in [2.05, 4.69) is 16.6 Å². The Morgan fingerprint density at radius 3 is 2.52 bits per heavy atom. The van der Waals surface area contributed by atoms with Gasteiger partial charge in [0.2, 0.25) is 0 Å². The fraction of sp³-hybridized carbons (Fsp3) is 0.105. The van der Waals surface area contributed by atoms with Crippen molar-refractivity contribution in [3.63, 3.8) is 0 Å². The van der Waals surface area contributed by atoms with Gasteiger partial charge in [-0.1, -0.05) is 30.0 Å². The van der Waals surface area contributed by atoms with Crippen molar-refractivity contribution in [3.8, 4) is 23.3 Å². The molecule has 4 nitrogen and oxygen atoms in total. The first kappa shape index (κ1) is 16.2. The van der Waals surface area contributed by atoms with Crippen LogP contribution in [-0.2, 0) is 9.53 Å². The molecule has 116 valence electrons. The van der Waals surface area contributed by atoms with Gasteiger partial charge in [-0.3, -0.25) is 0 Å². The minimum absolute atomic E-state index is 0.0360. The Kier molecular flexibility index (Phi) is 5.43. The van der Waals surface area contributed by atoms with Crippen molar-refractivity contribution in [2.75, 3.05) is 14.2 Å². The molecule has 0 atom stereocenters. The molecule has 0 spiro atoms. The lowest BCUT2D eigenvalue weighted by molar-refractivity contribution is -0.134. The van der Waals surface area contributed by atoms with Crippen LogP contribution in [0.15, 0.2) is 48.5 Å². The van der Waals surface area contributed by atoms with E-state index in [-0.39, 0.29) is 11.5 Å². The summed E-state index contributed by atoms with van der Waals surface area (Å²) in [7, 11) is 2.76. The predicted octanol–water partition coefficient (Wildman–Crippen LogP) is 2.99. The molecule has 0 amide bonds. The van der Waals surface area contributed by atoms with Crippen molar-refractivity contribution in [3.05, 3.63) is 65.2 Å². The standard InChI is InChI=1S/C19H16O4/c1-22-17-13-15(9-11-18(20)23-2)12-16(19(17)21)10-8-14-6-4-3-5-7-14/h3-7,9,11-13,21H,1-2H3/b11-9+. The first-order valence-electron chi connectivity index (χ1n) is 6.88. The number of rotatable bonds is 3. The van der Waals surface area contributed by atoms with Crippen LogP contribution in [0.3, 0.4) is 0 Å². The van der Waals surface area contributed by atoms with Crippen LogP contribution in [0.5, 0.6) is 11.5 Å². The molecule has 0 bridgehead atoms. The molecule has 0 aliphatic heterocycles. The minimum Gasteiger partial charge on any atom is -0.503 e. The SMILES string of the molecule is COC(=O)/C=C/c1cc(C#Cc2ccccc2)c(O)c(OC)c1. The molecule has 2 rings (SSSR count). The number of ether oxygens (including phenoxy) is 2. The summed E-state index contributed by atoms with van der Waals surface area (Å²) >= 11 is 0. The van der Waals surface area contributed by atoms with E-state index in [1.54, 1.807) is 18.2 Å². The summed E-state index contributed by atoms with van der Waals surface area (Å²) in [4.78, 5) is 11.2. The fourth-order valence-electron chi connectivity index (χ4n) is 1.87. The molecular weight excluding hydrogens is 292 g/mol.